The van der Waals surface area contributed by atoms with Gasteiger partial charge in [-0.15, -0.1) is 0 Å². The predicted octanol–water partition coefficient (Wildman–Crippen LogP) is -0.471. The van der Waals surface area contributed by atoms with Gasteiger partial charge in [-0.2, -0.15) is 0 Å². The standard InChI is InChI=1S/C12H12FN3O4/c13-7-1-3-8(4-2-7)20-6-10(17)14-5-9-11(18)16-12(19)15-9/h1-4,9H,5-6H2,(H,14,17)(H2,15,16,18,19). The molecule has 1 saturated heterocycles. The van der Waals surface area contributed by atoms with E-state index in [1.807, 2.05) is 5.32 Å². The number of hydrogen-bond donors (Lipinski definition) is 3. The maximum Gasteiger partial charge on any atom is 0.322 e. The van der Waals surface area contributed by atoms with Crippen molar-refractivity contribution in [1.82, 2.24) is 16.0 Å². The van der Waals surface area contributed by atoms with Gasteiger partial charge in [-0.3, -0.25) is 14.9 Å². The average molecular weight is 281 g/mol. The third kappa shape index (κ3) is 3.67. The smallest absolute Gasteiger partial charge is 0.322 e. The molecule has 0 saturated carbocycles. The van der Waals surface area contributed by atoms with Gasteiger partial charge in [0.2, 0.25) is 0 Å². The molecule has 1 unspecified atom stereocenters. The second kappa shape index (κ2) is 6.00. The van der Waals surface area contributed by atoms with E-state index in [1.165, 1.54) is 24.3 Å². The molecule has 0 aromatic heterocycles. The van der Waals surface area contributed by atoms with Gasteiger partial charge in [0.1, 0.15) is 17.6 Å². The van der Waals surface area contributed by atoms with E-state index in [9.17, 15) is 18.8 Å². The maximum absolute atomic E-state index is 12.6. The van der Waals surface area contributed by atoms with E-state index in [2.05, 4.69) is 10.6 Å². The van der Waals surface area contributed by atoms with Crippen LogP contribution in [0.1, 0.15) is 0 Å². The van der Waals surface area contributed by atoms with E-state index in [0.29, 0.717) is 5.75 Å². The number of carbonyl (C=O) groups is 3. The van der Waals surface area contributed by atoms with Crippen molar-refractivity contribution in [3.8, 4) is 5.75 Å². The summed E-state index contributed by atoms with van der Waals surface area (Å²) >= 11 is 0. The summed E-state index contributed by atoms with van der Waals surface area (Å²) in [6.07, 6.45) is 0. The maximum atomic E-state index is 12.6. The first kappa shape index (κ1) is 13.8. The van der Waals surface area contributed by atoms with Crippen LogP contribution in [-0.2, 0) is 9.59 Å². The second-order valence-electron chi connectivity index (χ2n) is 4.06. The molecule has 20 heavy (non-hydrogen) atoms. The van der Waals surface area contributed by atoms with Crippen molar-refractivity contribution in [3.05, 3.63) is 30.1 Å². The van der Waals surface area contributed by atoms with Gasteiger partial charge in [-0.1, -0.05) is 0 Å². The molecule has 1 aromatic rings. The first-order valence-electron chi connectivity index (χ1n) is 5.81. The van der Waals surface area contributed by atoms with Gasteiger partial charge in [-0.25, -0.2) is 9.18 Å². The lowest BCUT2D eigenvalue weighted by Gasteiger charge is -2.10. The number of ether oxygens (including phenoxy) is 1. The minimum absolute atomic E-state index is 0.0246. The highest BCUT2D eigenvalue weighted by Crippen LogP contribution is 2.10. The van der Waals surface area contributed by atoms with Crippen LogP contribution in [0.15, 0.2) is 24.3 Å². The zero-order valence-electron chi connectivity index (χ0n) is 10.3. The van der Waals surface area contributed by atoms with Crippen molar-refractivity contribution >= 4 is 17.8 Å². The summed E-state index contributed by atoms with van der Waals surface area (Å²) in [5.74, 6) is -0.990. The van der Waals surface area contributed by atoms with E-state index in [-0.39, 0.29) is 13.2 Å². The fourth-order valence-corrected chi connectivity index (χ4v) is 1.55. The topological polar surface area (TPSA) is 96.5 Å². The van der Waals surface area contributed by atoms with Crippen LogP contribution >= 0.6 is 0 Å². The van der Waals surface area contributed by atoms with Crippen molar-refractivity contribution in [1.29, 1.82) is 0 Å². The Morgan fingerprint density at radius 3 is 2.60 bits per heavy atom. The molecule has 1 heterocycles. The van der Waals surface area contributed by atoms with Crippen LogP contribution in [0, 0.1) is 5.82 Å². The van der Waals surface area contributed by atoms with E-state index in [4.69, 9.17) is 4.74 Å². The second-order valence-corrected chi connectivity index (χ2v) is 4.06. The number of rotatable bonds is 5. The molecule has 1 aliphatic heterocycles. The summed E-state index contributed by atoms with van der Waals surface area (Å²) in [7, 11) is 0. The third-order valence-electron chi connectivity index (χ3n) is 2.55. The SMILES string of the molecule is O=C(COc1ccc(F)cc1)NCC1NC(=O)NC1=O. The first-order valence-corrected chi connectivity index (χ1v) is 5.81. The summed E-state index contributed by atoms with van der Waals surface area (Å²) in [5, 5.41) is 6.83. The number of carbonyl (C=O) groups excluding carboxylic acids is 3. The largest absolute Gasteiger partial charge is 0.484 e. The zero-order chi connectivity index (χ0) is 14.5. The lowest BCUT2D eigenvalue weighted by atomic mass is 10.3. The number of nitrogens with one attached hydrogen (secondary N) is 3. The molecule has 1 atom stereocenters. The summed E-state index contributed by atoms with van der Waals surface area (Å²) in [6, 6.07) is 3.85. The Hall–Kier alpha value is -2.64. The molecule has 0 radical (unpaired) electrons. The van der Waals surface area contributed by atoms with Crippen LogP contribution in [0.3, 0.4) is 0 Å². The summed E-state index contributed by atoms with van der Waals surface area (Å²) in [5.41, 5.74) is 0. The molecule has 2 rings (SSSR count). The van der Waals surface area contributed by atoms with Crippen molar-refractivity contribution in [2.75, 3.05) is 13.2 Å². The van der Waals surface area contributed by atoms with Crippen molar-refractivity contribution in [2.45, 2.75) is 6.04 Å². The first-order chi connectivity index (χ1) is 9.54. The highest BCUT2D eigenvalue weighted by Gasteiger charge is 2.29. The monoisotopic (exact) mass is 281 g/mol. The highest BCUT2D eigenvalue weighted by atomic mass is 19.1. The summed E-state index contributed by atoms with van der Waals surface area (Å²) in [4.78, 5) is 33.5. The van der Waals surface area contributed by atoms with Crippen molar-refractivity contribution < 1.29 is 23.5 Å². The van der Waals surface area contributed by atoms with E-state index >= 15 is 0 Å². The van der Waals surface area contributed by atoms with Crippen LogP contribution in [0.4, 0.5) is 9.18 Å². The molecule has 1 aliphatic rings. The van der Waals surface area contributed by atoms with E-state index < -0.39 is 29.7 Å². The molecule has 0 bridgehead atoms. The lowest BCUT2D eigenvalue weighted by molar-refractivity contribution is -0.123. The van der Waals surface area contributed by atoms with Gasteiger partial charge in [0.05, 0.1) is 0 Å². The Kier molecular flexibility index (Phi) is 4.14. The van der Waals surface area contributed by atoms with Crippen LogP contribution in [0.5, 0.6) is 5.75 Å². The number of halogens is 1. The van der Waals surface area contributed by atoms with E-state index in [1.54, 1.807) is 0 Å². The van der Waals surface area contributed by atoms with Gasteiger partial charge in [0.25, 0.3) is 11.8 Å². The number of urea groups is 1. The molecular weight excluding hydrogens is 269 g/mol. The van der Waals surface area contributed by atoms with Crippen molar-refractivity contribution in [2.24, 2.45) is 0 Å². The minimum Gasteiger partial charge on any atom is -0.484 e. The number of imide groups is 1. The summed E-state index contributed by atoms with van der Waals surface area (Å²) < 4.78 is 17.8. The number of amides is 4. The molecule has 0 spiro atoms. The Morgan fingerprint density at radius 2 is 2.00 bits per heavy atom. The molecule has 7 nitrogen and oxygen atoms in total. The molecule has 106 valence electrons. The molecule has 1 fully saturated rings. The van der Waals surface area contributed by atoms with Crippen LogP contribution in [0.2, 0.25) is 0 Å². The van der Waals surface area contributed by atoms with E-state index in [0.717, 1.165) is 0 Å². The van der Waals surface area contributed by atoms with Gasteiger partial charge >= 0.3 is 6.03 Å². The molecule has 8 heteroatoms. The minimum atomic E-state index is -0.780. The normalized spacial score (nSPS) is 17.4. The van der Waals surface area contributed by atoms with Crippen molar-refractivity contribution in [3.63, 3.8) is 0 Å². The zero-order valence-corrected chi connectivity index (χ0v) is 10.3. The van der Waals surface area contributed by atoms with Gasteiger partial charge < -0.3 is 15.4 Å². The predicted molar refractivity (Wildman–Crippen MR) is 65.4 cm³/mol. The van der Waals surface area contributed by atoms with Gasteiger partial charge in [0, 0.05) is 6.54 Å². The molecule has 4 amide bonds. The molecule has 3 N–H and O–H groups in total. The Labute approximate surface area is 113 Å². The Balaban J connectivity index is 1.72. The average Bonchev–Trinajstić information content (AvgIpc) is 2.74. The lowest BCUT2D eigenvalue weighted by Crippen LogP contribution is -2.43. The molecule has 1 aromatic carbocycles. The quantitative estimate of drug-likeness (QED) is 0.636. The van der Waals surface area contributed by atoms with Crippen LogP contribution in [0.25, 0.3) is 0 Å². The Bertz CT molecular complexity index is 532. The molecule has 0 aliphatic carbocycles. The highest BCUT2D eigenvalue weighted by molar-refractivity contribution is 6.04. The molecular formula is C12H12FN3O4. The number of hydrogen-bond acceptors (Lipinski definition) is 4. The third-order valence-corrected chi connectivity index (χ3v) is 2.55. The summed E-state index contributed by atoms with van der Waals surface area (Å²) in [6.45, 7) is -0.295. The van der Waals surface area contributed by atoms with Gasteiger partial charge in [0.15, 0.2) is 6.61 Å². The van der Waals surface area contributed by atoms with Gasteiger partial charge in [-0.05, 0) is 24.3 Å². The fourth-order valence-electron chi connectivity index (χ4n) is 1.55. The fraction of sp³-hybridized carbons (Fsp3) is 0.250. The Morgan fingerprint density at radius 1 is 1.30 bits per heavy atom. The van der Waals surface area contributed by atoms with Crippen LogP contribution in [-0.4, -0.2) is 37.0 Å². The number of benzene rings is 1. The van der Waals surface area contributed by atoms with Crippen LogP contribution < -0.4 is 20.7 Å².